The van der Waals surface area contributed by atoms with Crippen molar-refractivity contribution >= 4 is 39.1 Å². The van der Waals surface area contributed by atoms with E-state index < -0.39 is 5.82 Å². The maximum absolute atomic E-state index is 16.0. The number of fused-ring (bicyclic) bond motifs is 4. The highest BCUT2D eigenvalue weighted by atomic mass is 35.5. The first kappa shape index (κ1) is 19.7. The number of rotatable bonds is 3. The summed E-state index contributed by atoms with van der Waals surface area (Å²) >= 11 is 6.51. The molecule has 4 aromatic rings. The van der Waals surface area contributed by atoms with Gasteiger partial charge in [-0.05, 0) is 35.9 Å². The van der Waals surface area contributed by atoms with Crippen LogP contribution in [0, 0.1) is 5.82 Å². The fourth-order valence-corrected chi connectivity index (χ4v) is 5.44. The number of methoxy groups -OCH3 is 1. The van der Waals surface area contributed by atoms with Gasteiger partial charge in [-0.3, -0.25) is 0 Å². The summed E-state index contributed by atoms with van der Waals surface area (Å²) < 4.78 is 21.4. The van der Waals surface area contributed by atoms with Crippen LogP contribution >= 0.6 is 11.6 Å². The second-order valence-corrected chi connectivity index (χ2v) is 8.95. The molecule has 1 aromatic heterocycles. The van der Waals surface area contributed by atoms with E-state index >= 15 is 4.39 Å². The molecule has 32 heavy (non-hydrogen) atoms. The molecule has 6 rings (SSSR count). The minimum absolute atomic E-state index is 0.172. The van der Waals surface area contributed by atoms with Crippen molar-refractivity contribution in [1.29, 1.82) is 0 Å². The molecule has 2 bridgehead atoms. The van der Waals surface area contributed by atoms with E-state index in [1.807, 2.05) is 48.5 Å². The maximum Gasteiger partial charge on any atom is 0.318 e. The van der Waals surface area contributed by atoms with Crippen molar-refractivity contribution in [2.45, 2.75) is 24.9 Å². The summed E-state index contributed by atoms with van der Waals surface area (Å²) in [4.78, 5) is 11.3. The van der Waals surface area contributed by atoms with Crippen LogP contribution in [-0.2, 0) is 0 Å². The van der Waals surface area contributed by atoms with Crippen LogP contribution in [-0.4, -0.2) is 42.3 Å². The van der Waals surface area contributed by atoms with Crippen LogP contribution in [0.4, 0.5) is 10.2 Å². The van der Waals surface area contributed by atoms with Crippen molar-refractivity contribution in [3.63, 3.8) is 0 Å². The van der Waals surface area contributed by atoms with E-state index in [2.05, 4.69) is 20.2 Å². The number of nitrogens with one attached hydrogen (secondary N) is 1. The maximum atomic E-state index is 16.0. The molecular formula is C25H22ClFN4O. The molecule has 0 aliphatic carbocycles. The second kappa shape index (κ2) is 7.57. The molecule has 2 aliphatic heterocycles. The van der Waals surface area contributed by atoms with Crippen molar-refractivity contribution in [3.8, 4) is 17.1 Å². The molecular weight excluding hydrogens is 427 g/mol. The topological polar surface area (TPSA) is 50.3 Å². The van der Waals surface area contributed by atoms with Gasteiger partial charge in [0.05, 0.1) is 7.11 Å². The lowest BCUT2D eigenvalue weighted by molar-refractivity contribution is 0.380. The Morgan fingerprint density at radius 2 is 1.75 bits per heavy atom. The average Bonchev–Trinajstić information content (AvgIpc) is 3.16. The van der Waals surface area contributed by atoms with Gasteiger partial charge in [-0.2, -0.15) is 9.97 Å². The lowest BCUT2D eigenvalue weighted by atomic mass is 9.96. The zero-order valence-electron chi connectivity index (χ0n) is 17.6. The van der Waals surface area contributed by atoms with Gasteiger partial charge in [-0.15, -0.1) is 0 Å². The van der Waals surface area contributed by atoms with Crippen LogP contribution in [0.25, 0.3) is 32.8 Å². The number of piperazine rings is 1. The third-order valence-corrected chi connectivity index (χ3v) is 6.92. The number of nitrogens with zero attached hydrogens (tertiary/aromatic N) is 3. The Morgan fingerprint density at radius 1 is 1.00 bits per heavy atom. The molecule has 162 valence electrons. The summed E-state index contributed by atoms with van der Waals surface area (Å²) in [7, 11) is 1.51. The zero-order chi connectivity index (χ0) is 21.8. The summed E-state index contributed by atoms with van der Waals surface area (Å²) in [5.41, 5.74) is 1.47. The lowest BCUT2D eigenvalue weighted by Gasteiger charge is -2.34. The first-order valence-electron chi connectivity index (χ1n) is 10.8. The number of hydrogen-bond donors (Lipinski definition) is 1. The number of aromatic nitrogens is 2. The molecule has 5 nitrogen and oxygen atoms in total. The molecule has 0 radical (unpaired) electrons. The Labute approximate surface area is 190 Å². The van der Waals surface area contributed by atoms with Crippen LogP contribution < -0.4 is 15.0 Å². The van der Waals surface area contributed by atoms with Crippen LogP contribution in [0.15, 0.2) is 48.5 Å². The minimum Gasteiger partial charge on any atom is -0.467 e. The quantitative estimate of drug-likeness (QED) is 0.467. The van der Waals surface area contributed by atoms with Crippen molar-refractivity contribution in [3.05, 3.63) is 59.4 Å². The zero-order valence-corrected chi connectivity index (χ0v) is 18.4. The van der Waals surface area contributed by atoms with Crippen LogP contribution in [0.3, 0.4) is 0 Å². The summed E-state index contributed by atoms with van der Waals surface area (Å²) in [5, 5.41) is 6.71. The molecule has 2 aliphatic rings. The summed E-state index contributed by atoms with van der Waals surface area (Å²) in [6.07, 6.45) is 2.31. The van der Waals surface area contributed by atoms with E-state index in [-0.39, 0.29) is 11.5 Å². The molecule has 3 heterocycles. The van der Waals surface area contributed by atoms with E-state index in [4.69, 9.17) is 16.3 Å². The van der Waals surface area contributed by atoms with Gasteiger partial charge in [0, 0.05) is 46.5 Å². The van der Waals surface area contributed by atoms with Gasteiger partial charge in [-0.1, -0.05) is 48.0 Å². The first-order chi connectivity index (χ1) is 15.6. The van der Waals surface area contributed by atoms with E-state index in [1.54, 1.807) is 0 Å². The van der Waals surface area contributed by atoms with E-state index in [0.717, 1.165) is 48.1 Å². The second-order valence-electron chi connectivity index (χ2n) is 8.54. The Kier molecular flexibility index (Phi) is 4.66. The highest BCUT2D eigenvalue weighted by molar-refractivity contribution is 6.36. The highest BCUT2D eigenvalue weighted by Gasteiger charge is 2.34. The number of anilines is 1. The molecule has 2 fully saturated rings. The third kappa shape index (κ3) is 3.09. The van der Waals surface area contributed by atoms with Crippen molar-refractivity contribution in [1.82, 2.24) is 15.3 Å². The van der Waals surface area contributed by atoms with Gasteiger partial charge in [0.1, 0.15) is 11.3 Å². The van der Waals surface area contributed by atoms with Crippen molar-refractivity contribution in [2.75, 3.05) is 25.1 Å². The standard InChI is InChI=1S/C25H22ClFN4O/c1-32-25-29-23-19(24(30-25)31-12-15-8-9-16(13-31)28-15)11-10-18(22(23)27)17-6-2-4-14-5-3-7-20(26)21(14)17/h2-7,10-11,15-16,28H,8-9,12-13H2,1H3. The normalized spacial score (nSPS) is 20.3. The number of halogens is 2. The van der Waals surface area contributed by atoms with Gasteiger partial charge in [-0.25, -0.2) is 4.39 Å². The molecule has 2 atom stereocenters. The molecule has 0 amide bonds. The Bertz CT molecular complexity index is 1340. The largest absolute Gasteiger partial charge is 0.467 e. The summed E-state index contributed by atoms with van der Waals surface area (Å²) in [5.74, 6) is 0.335. The lowest BCUT2D eigenvalue weighted by Crippen LogP contribution is -2.51. The predicted octanol–water partition coefficient (Wildman–Crippen LogP) is 5.19. The fourth-order valence-electron chi connectivity index (χ4n) is 5.16. The summed E-state index contributed by atoms with van der Waals surface area (Å²) in [6.45, 7) is 1.68. The van der Waals surface area contributed by atoms with E-state index in [9.17, 15) is 0 Å². The minimum atomic E-state index is -0.394. The number of benzene rings is 3. The number of hydrogen-bond acceptors (Lipinski definition) is 5. The summed E-state index contributed by atoms with van der Waals surface area (Å²) in [6, 6.07) is 16.3. The molecule has 7 heteroatoms. The highest BCUT2D eigenvalue weighted by Crippen LogP contribution is 2.39. The molecule has 0 spiro atoms. The number of ether oxygens (including phenoxy) is 1. The van der Waals surface area contributed by atoms with Gasteiger partial charge in [0.15, 0.2) is 5.82 Å². The first-order valence-corrected chi connectivity index (χ1v) is 11.2. The van der Waals surface area contributed by atoms with E-state index in [1.165, 1.54) is 7.11 Å². The Hall–Kier alpha value is -2.96. The smallest absolute Gasteiger partial charge is 0.318 e. The Balaban J connectivity index is 1.56. The molecule has 2 saturated heterocycles. The van der Waals surface area contributed by atoms with Crippen LogP contribution in [0.5, 0.6) is 6.01 Å². The van der Waals surface area contributed by atoms with Crippen molar-refractivity contribution in [2.24, 2.45) is 0 Å². The van der Waals surface area contributed by atoms with Gasteiger partial charge < -0.3 is 15.0 Å². The average molecular weight is 449 g/mol. The molecule has 3 aromatic carbocycles. The van der Waals surface area contributed by atoms with Gasteiger partial charge >= 0.3 is 6.01 Å². The molecule has 2 unspecified atom stereocenters. The Morgan fingerprint density at radius 3 is 2.50 bits per heavy atom. The van der Waals surface area contributed by atoms with Gasteiger partial charge in [0.25, 0.3) is 0 Å². The van der Waals surface area contributed by atoms with Crippen LogP contribution in [0.2, 0.25) is 5.02 Å². The van der Waals surface area contributed by atoms with Crippen molar-refractivity contribution < 1.29 is 9.13 Å². The van der Waals surface area contributed by atoms with Crippen LogP contribution in [0.1, 0.15) is 12.8 Å². The van der Waals surface area contributed by atoms with Gasteiger partial charge in [0.2, 0.25) is 0 Å². The molecule has 0 saturated carbocycles. The predicted molar refractivity (Wildman–Crippen MR) is 126 cm³/mol. The van der Waals surface area contributed by atoms with E-state index in [0.29, 0.717) is 28.1 Å². The SMILES string of the molecule is COc1nc(N2CC3CCC(C2)N3)c2ccc(-c3cccc4cccc(Cl)c34)c(F)c2n1. The third-order valence-electron chi connectivity index (χ3n) is 6.61. The fraction of sp³-hybridized carbons (Fsp3) is 0.280. The monoisotopic (exact) mass is 448 g/mol. The molecule has 1 N–H and O–H groups in total.